The molecule has 2 aromatic heterocycles. The Balaban J connectivity index is 0.000000174. The van der Waals surface area contributed by atoms with Crippen molar-refractivity contribution in [2.45, 2.75) is 143 Å². The first-order chi connectivity index (χ1) is 48.6. The lowest BCUT2D eigenvalue weighted by Gasteiger charge is -2.36. The molecule has 104 heavy (non-hydrogen) atoms. The molecule has 0 atom stereocenters. The van der Waals surface area contributed by atoms with E-state index in [-0.39, 0.29) is 46.3 Å². The zero-order valence-electron chi connectivity index (χ0n) is 60.8. The molecule has 7 aromatic rings. The number of thioether (sulfide) groups is 1. The molecular weight excluding hydrogens is 1520 g/mol. The number of nitrogen functional groups attached to an aromatic ring is 1. The highest BCUT2D eigenvalue weighted by Crippen LogP contribution is 2.38. The van der Waals surface area contributed by atoms with Gasteiger partial charge in [0.25, 0.3) is 0 Å². The summed E-state index contributed by atoms with van der Waals surface area (Å²) < 4.78 is 1.21. The Morgan fingerprint density at radius 1 is 0.471 bits per heavy atom. The van der Waals surface area contributed by atoms with Crippen molar-refractivity contribution in [1.29, 1.82) is 5.41 Å². The van der Waals surface area contributed by atoms with Gasteiger partial charge in [0.1, 0.15) is 16.7 Å². The number of aliphatic imine (C=N–C) groups is 1. The summed E-state index contributed by atoms with van der Waals surface area (Å²) in [5, 5.41) is 15.3. The number of nitrogens with one attached hydrogen (secondary N) is 2. The van der Waals surface area contributed by atoms with Crippen LogP contribution in [0.1, 0.15) is 124 Å². The molecule has 0 spiro atoms. The van der Waals surface area contributed by atoms with Gasteiger partial charge in [-0.15, -0.1) is 58.4 Å². The van der Waals surface area contributed by atoms with Crippen LogP contribution in [-0.2, 0) is 36.9 Å². The van der Waals surface area contributed by atoms with Crippen LogP contribution in [0.4, 0.5) is 39.8 Å². The van der Waals surface area contributed by atoms with Crippen LogP contribution in [0.3, 0.4) is 0 Å². The number of carbonyl (C=O) groups excluding carboxylic acids is 1. The summed E-state index contributed by atoms with van der Waals surface area (Å²) in [4.78, 5) is 39.7. The van der Waals surface area contributed by atoms with Crippen LogP contribution in [0.25, 0.3) is 0 Å². The van der Waals surface area contributed by atoms with Gasteiger partial charge in [0.2, 0.25) is 0 Å². The van der Waals surface area contributed by atoms with Crippen LogP contribution >= 0.6 is 74.3 Å². The van der Waals surface area contributed by atoms with E-state index in [1.54, 1.807) is 28.2 Å². The molecule has 0 aliphatic carbocycles. The minimum atomic E-state index is 0. The van der Waals surface area contributed by atoms with Crippen molar-refractivity contribution >= 4 is 131 Å². The number of para-hydroxylation sites is 2. The molecule has 10 aliphatic heterocycles. The maximum Gasteiger partial charge on any atom is 0.141 e. The lowest BCUT2D eigenvalue weighted by Crippen LogP contribution is -2.43. The number of fused-ring (bicyclic) bond motifs is 5. The smallest absolute Gasteiger partial charge is 0.141 e. The first-order valence-electron chi connectivity index (χ1n) is 36.9. The van der Waals surface area contributed by atoms with E-state index in [2.05, 4.69) is 196 Å². The van der Waals surface area contributed by atoms with Gasteiger partial charge >= 0.3 is 0 Å². The summed E-state index contributed by atoms with van der Waals surface area (Å²) in [6.07, 6.45) is 19.7. The summed E-state index contributed by atoms with van der Waals surface area (Å²) >= 11 is 8.28. The number of rotatable bonds is 7. The fourth-order valence-electron chi connectivity index (χ4n) is 15.7. The normalized spacial score (nSPS) is 19.1. The third-order valence-electron chi connectivity index (χ3n) is 21.7. The van der Waals surface area contributed by atoms with E-state index in [1.165, 1.54) is 210 Å². The summed E-state index contributed by atoms with van der Waals surface area (Å²) in [6, 6.07) is 47.9. The number of amidine groups is 1. The Bertz CT molecular complexity index is 3620. The third-order valence-corrected chi connectivity index (χ3v) is 24.7. The van der Waals surface area contributed by atoms with Gasteiger partial charge < -0.3 is 60.9 Å². The zero-order valence-corrected chi connectivity index (χ0v) is 67.2. The molecule has 0 bridgehead atoms. The van der Waals surface area contributed by atoms with Crippen molar-refractivity contribution in [2.24, 2.45) is 10.7 Å². The number of halogens is 2. The van der Waals surface area contributed by atoms with E-state index >= 15 is 0 Å². The molecule has 10 aliphatic rings. The molecule has 0 saturated carbocycles. The summed E-state index contributed by atoms with van der Waals surface area (Å²) in [5.41, 5.74) is 28.3. The molecule has 0 amide bonds. The molecule has 568 valence electrons. The van der Waals surface area contributed by atoms with Crippen LogP contribution < -0.4 is 36.4 Å². The van der Waals surface area contributed by atoms with Crippen LogP contribution in [-0.4, -0.2) is 205 Å². The molecule has 0 radical (unpaired) electrons. The number of hydrogen-bond donors (Lipinski definition) is 4. The van der Waals surface area contributed by atoms with Gasteiger partial charge in [-0.3, -0.25) is 10.2 Å². The fourth-order valence-corrected chi connectivity index (χ4v) is 17.9. The first-order valence-corrected chi connectivity index (χ1v) is 40.7. The Morgan fingerprint density at radius 3 is 1.34 bits per heavy atom. The fraction of sp³-hybridized carbons (Fsp3) is 0.512. The summed E-state index contributed by atoms with van der Waals surface area (Å²) in [5.74, 6) is 1.03. The highest BCUT2D eigenvalue weighted by Gasteiger charge is 2.32. The highest BCUT2D eigenvalue weighted by atomic mass is 127. The van der Waals surface area contributed by atoms with Crippen molar-refractivity contribution < 1.29 is 4.79 Å². The number of nitrogens with two attached hydrogens (primary N) is 2. The summed E-state index contributed by atoms with van der Waals surface area (Å²) in [7, 11) is 10.9. The molecule has 5 saturated heterocycles. The quantitative estimate of drug-likeness (QED) is 0.0519. The largest absolute Gasteiger partial charge is 0.399 e. The number of likely N-dealkylation sites (tertiary alicyclic amines) is 5. The number of carbonyl (C=O) groups is 1. The second-order valence-electron chi connectivity index (χ2n) is 28.7. The monoisotopic (exact) mass is 1650 g/mol. The highest BCUT2D eigenvalue weighted by molar-refractivity contribution is 14.0. The predicted molar refractivity (Wildman–Crippen MR) is 470 cm³/mol. The van der Waals surface area contributed by atoms with E-state index in [0.717, 1.165) is 91.1 Å². The Labute approximate surface area is 664 Å². The molecule has 0 unspecified atom stereocenters. The second kappa shape index (κ2) is 42.9. The molecule has 12 heterocycles. The molecule has 17 rings (SSSR count). The van der Waals surface area contributed by atoms with E-state index in [4.69, 9.17) is 16.9 Å². The van der Waals surface area contributed by atoms with Crippen molar-refractivity contribution in [3.63, 3.8) is 0 Å². The number of hydrogen-bond acceptors (Lipinski definition) is 17. The topological polar surface area (TPSA) is 147 Å². The maximum absolute atomic E-state index is 10.6. The third kappa shape index (κ3) is 24.0. The van der Waals surface area contributed by atoms with Gasteiger partial charge in [-0.2, -0.15) is 0 Å². The van der Waals surface area contributed by atoms with E-state index in [9.17, 15) is 4.79 Å². The Hall–Kier alpha value is -5.53. The first kappa shape index (κ1) is 85.7. The average molecular weight is 1650 g/mol. The van der Waals surface area contributed by atoms with E-state index in [0.29, 0.717) is 22.7 Å². The van der Waals surface area contributed by atoms with Crippen molar-refractivity contribution in [3.05, 3.63) is 180 Å². The summed E-state index contributed by atoms with van der Waals surface area (Å²) in [6.45, 7) is 17.6. The predicted octanol–water partition coefficient (Wildman–Crippen LogP) is 16.9. The number of anilines is 6. The second-order valence-corrected chi connectivity index (χ2v) is 32.3. The van der Waals surface area contributed by atoms with Gasteiger partial charge in [-0.1, -0.05) is 86.7 Å². The molecule has 20 heteroatoms. The van der Waals surface area contributed by atoms with Gasteiger partial charge in [0.15, 0.2) is 0 Å². The standard InChI is InChI=1S/C19H24N4S.C14H19BrN2.C14H21N3.C14H20N2.C8H9N.C6H11NO.C6H7NS2.3CH4.HI/c1-22-9-7-16(8-10-22)23-11-6-14-13-15(4-5-17(14)23)21-19(20)18-3-2-12-24-18;2*1-16-7-5-13(6-8-16)17-9-4-11-10-12(15)2-3-14(11)17;1-15-9-7-13(8-10-15)16-11-6-12-4-2-3-5-14(12)16;1-2-4-8-7(3-1)5-6-9-8;1-7-4-2-6(8)3-5-7;1-8-6(7)5-3-2-4-9-5;;;;/h2-5,12-13,16H,6-11H2,1H3,(H2,20,21);2-3,10,13H,4-9H2,1H3;2-3,10,13H,4-9,15H2,1H3;2-5,13H,6-11H2,1H3;1-4,9H,5-6H2;2-5H2,1H3;2-4,7H,1H3;3*1H4;1H. The van der Waals surface area contributed by atoms with Crippen molar-refractivity contribution in [2.75, 3.05) is 170 Å². The SMILES string of the molecule is C.C.C.CN1CCC(=O)CC1.CN1CCC(N2CCc3cc(Br)ccc32)CC1.CN1CCC(N2CCc3cc(N)ccc32)CC1.CN1CCC(N2CCc3cc(N=C(N)c4cccs4)ccc32)CC1.CN1CCC(N2CCc3ccccc32)CC1.CSC(=N)c1cccs1.I.c1ccc2c(c1)CCN2. The van der Waals surface area contributed by atoms with Crippen LogP contribution in [0.2, 0.25) is 0 Å². The number of thiophene rings is 2. The molecular formula is C84H124BrIN14OS3. The molecule has 5 aromatic carbocycles. The van der Waals surface area contributed by atoms with Gasteiger partial charge in [-0.05, 0) is 295 Å². The van der Waals surface area contributed by atoms with Crippen LogP contribution in [0, 0.1) is 5.41 Å². The van der Waals surface area contributed by atoms with Gasteiger partial charge in [0.05, 0.1) is 15.4 Å². The molecule has 15 nitrogen and oxygen atoms in total. The van der Waals surface area contributed by atoms with Crippen molar-refractivity contribution in [3.8, 4) is 0 Å². The average Bonchev–Trinajstić information content (AvgIpc) is 1.66. The number of nitrogens with zero attached hydrogens (tertiary/aromatic N) is 10. The van der Waals surface area contributed by atoms with Crippen molar-refractivity contribution in [1.82, 2.24) is 24.5 Å². The maximum atomic E-state index is 10.6. The number of Topliss-reactive ketones (excluding diaryl/α,β-unsaturated/α-hetero) is 1. The minimum Gasteiger partial charge on any atom is -0.399 e. The Morgan fingerprint density at radius 2 is 0.875 bits per heavy atom. The van der Waals surface area contributed by atoms with E-state index < -0.39 is 0 Å². The minimum absolute atomic E-state index is 0. The van der Waals surface area contributed by atoms with Crippen LogP contribution in [0.5, 0.6) is 0 Å². The number of piperidine rings is 5. The zero-order chi connectivity index (χ0) is 69.9. The lowest BCUT2D eigenvalue weighted by molar-refractivity contribution is -0.121. The van der Waals surface area contributed by atoms with Crippen LogP contribution in [0.15, 0.2) is 148 Å². The Kier molecular flexibility index (Phi) is 35.3. The van der Waals surface area contributed by atoms with Gasteiger partial charge in [0, 0.05) is 121 Å². The van der Waals surface area contributed by atoms with Gasteiger partial charge in [-0.25, -0.2) is 4.99 Å². The number of ketones is 1. The van der Waals surface area contributed by atoms with E-state index in [1.807, 2.05) is 54.4 Å². The molecule has 6 N–H and O–H groups in total. The number of benzene rings is 5. The lowest BCUT2D eigenvalue weighted by atomic mass is 10.0. The molecule has 5 fully saturated rings.